The average Bonchev–Trinajstić information content (AvgIpc) is 3.09. The van der Waals surface area contributed by atoms with Crippen LogP contribution in [0.2, 0.25) is 0 Å². The highest BCUT2D eigenvalue weighted by atomic mass is 16.2. The summed E-state index contributed by atoms with van der Waals surface area (Å²) < 4.78 is 0. The number of H-pyrrole nitrogens is 2. The number of aromatic nitrogens is 2. The average molecular weight is 356 g/mol. The van der Waals surface area contributed by atoms with Crippen molar-refractivity contribution in [3.8, 4) is 0 Å². The van der Waals surface area contributed by atoms with Gasteiger partial charge < -0.3 is 15.2 Å². The summed E-state index contributed by atoms with van der Waals surface area (Å²) in [5.41, 5.74) is 1.24. The van der Waals surface area contributed by atoms with E-state index in [1.54, 1.807) is 6.92 Å². The van der Waals surface area contributed by atoms with Crippen LogP contribution in [0.1, 0.15) is 24.1 Å². The number of hydrogen-bond acceptors (Lipinski definition) is 4. The summed E-state index contributed by atoms with van der Waals surface area (Å²) in [6, 6.07) is 10.3. The first-order valence-electron chi connectivity index (χ1n) is 8.91. The molecule has 0 radical (unpaired) electrons. The first kappa shape index (κ1) is 18.0. The second-order valence-electron chi connectivity index (χ2n) is 6.75. The molecule has 1 atom stereocenters. The Morgan fingerprint density at radius 2 is 2.00 bits per heavy atom. The smallest absolute Gasteiger partial charge is 0.325 e. The minimum atomic E-state index is -0.523. The molecule has 138 valence electrons. The highest BCUT2D eigenvalue weighted by Crippen LogP contribution is 2.22. The normalized spacial score (nSPS) is 16.7. The Labute approximate surface area is 151 Å². The van der Waals surface area contributed by atoms with Crippen molar-refractivity contribution in [1.82, 2.24) is 15.3 Å². The molecule has 3 rings (SSSR count). The molecule has 1 saturated heterocycles. The second-order valence-corrected chi connectivity index (χ2v) is 6.75. The van der Waals surface area contributed by atoms with Crippen molar-refractivity contribution >= 4 is 11.6 Å². The summed E-state index contributed by atoms with van der Waals surface area (Å²) in [6.07, 6.45) is 1.59. The van der Waals surface area contributed by atoms with Gasteiger partial charge >= 0.3 is 5.69 Å². The van der Waals surface area contributed by atoms with E-state index in [0.717, 1.165) is 19.5 Å². The van der Waals surface area contributed by atoms with Crippen molar-refractivity contribution in [1.29, 1.82) is 0 Å². The Kier molecular flexibility index (Phi) is 5.55. The summed E-state index contributed by atoms with van der Waals surface area (Å²) >= 11 is 0. The highest BCUT2D eigenvalue weighted by molar-refractivity contribution is 5.76. The predicted octanol–water partition coefficient (Wildman–Crippen LogP) is 0.947. The molecule has 1 unspecified atom stereocenters. The maximum absolute atomic E-state index is 12.1. The molecular weight excluding hydrogens is 332 g/mol. The first-order valence-corrected chi connectivity index (χ1v) is 8.91. The fourth-order valence-electron chi connectivity index (χ4n) is 3.38. The summed E-state index contributed by atoms with van der Waals surface area (Å²) in [4.78, 5) is 42.2. The maximum Gasteiger partial charge on any atom is 0.325 e. The van der Waals surface area contributed by atoms with Crippen LogP contribution in [0.5, 0.6) is 0 Å². The molecule has 0 spiro atoms. The largest absolute Gasteiger partial charge is 0.371 e. The van der Waals surface area contributed by atoms with Gasteiger partial charge in [0.25, 0.3) is 5.56 Å². The molecule has 1 aromatic carbocycles. The van der Waals surface area contributed by atoms with E-state index in [0.29, 0.717) is 30.1 Å². The lowest BCUT2D eigenvalue weighted by Gasteiger charge is -2.18. The zero-order chi connectivity index (χ0) is 18.5. The minimum absolute atomic E-state index is 0.0758. The monoisotopic (exact) mass is 356 g/mol. The maximum atomic E-state index is 12.1. The van der Waals surface area contributed by atoms with Gasteiger partial charge in [-0.3, -0.25) is 14.6 Å². The Balaban J connectivity index is 1.45. The molecule has 1 amide bonds. The van der Waals surface area contributed by atoms with Gasteiger partial charge in [0.05, 0.1) is 0 Å². The summed E-state index contributed by atoms with van der Waals surface area (Å²) in [7, 11) is 0. The van der Waals surface area contributed by atoms with Crippen LogP contribution in [0.4, 0.5) is 5.69 Å². The van der Waals surface area contributed by atoms with Crippen molar-refractivity contribution in [2.45, 2.75) is 26.2 Å². The zero-order valence-electron chi connectivity index (χ0n) is 14.9. The lowest BCUT2D eigenvalue weighted by atomic mass is 10.1. The predicted molar refractivity (Wildman–Crippen MR) is 101 cm³/mol. The fraction of sp³-hybridized carbons (Fsp3) is 0.421. The number of anilines is 1. The molecule has 1 aliphatic heterocycles. The van der Waals surface area contributed by atoms with Crippen LogP contribution in [-0.2, 0) is 11.2 Å². The number of aromatic amines is 2. The lowest BCUT2D eigenvalue weighted by Crippen LogP contribution is -2.32. The SMILES string of the molecule is Cc1[nH]c(=O)[nH]c(=O)c1CCC(=O)NCC1CCN(c2ccccc2)C1. The van der Waals surface area contributed by atoms with Gasteiger partial charge in [0.2, 0.25) is 5.91 Å². The molecule has 0 bridgehead atoms. The molecule has 2 heterocycles. The van der Waals surface area contributed by atoms with Gasteiger partial charge in [0.1, 0.15) is 0 Å². The van der Waals surface area contributed by atoms with E-state index >= 15 is 0 Å². The highest BCUT2D eigenvalue weighted by Gasteiger charge is 2.23. The Morgan fingerprint density at radius 3 is 2.73 bits per heavy atom. The summed E-state index contributed by atoms with van der Waals surface area (Å²) in [5, 5.41) is 2.97. The van der Waals surface area contributed by atoms with Gasteiger partial charge in [-0.2, -0.15) is 0 Å². The number of nitrogens with one attached hydrogen (secondary N) is 3. The van der Waals surface area contributed by atoms with E-state index in [1.807, 2.05) is 18.2 Å². The third kappa shape index (κ3) is 4.41. The van der Waals surface area contributed by atoms with E-state index in [9.17, 15) is 14.4 Å². The van der Waals surface area contributed by atoms with Crippen LogP contribution < -0.4 is 21.5 Å². The van der Waals surface area contributed by atoms with Gasteiger partial charge in [-0.1, -0.05) is 18.2 Å². The van der Waals surface area contributed by atoms with Crippen LogP contribution >= 0.6 is 0 Å². The van der Waals surface area contributed by atoms with Crippen molar-refractivity contribution < 1.29 is 4.79 Å². The van der Waals surface area contributed by atoms with Crippen LogP contribution in [0, 0.1) is 12.8 Å². The minimum Gasteiger partial charge on any atom is -0.371 e. The van der Waals surface area contributed by atoms with E-state index in [1.165, 1.54) is 5.69 Å². The number of hydrogen-bond donors (Lipinski definition) is 3. The third-order valence-electron chi connectivity index (χ3n) is 4.85. The molecule has 3 N–H and O–H groups in total. The van der Waals surface area contributed by atoms with E-state index in [4.69, 9.17) is 0 Å². The number of benzene rings is 1. The zero-order valence-corrected chi connectivity index (χ0v) is 14.9. The molecule has 1 fully saturated rings. The van der Waals surface area contributed by atoms with Crippen LogP contribution in [0.15, 0.2) is 39.9 Å². The van der Waals surface area contributed by atoms with E-state index < -0.39 is 11.2 Å². The second kappa shape index (κ2) is 8.03. The van der Waals surface area contributed by atoms with Crippen molar-refractivity contribution in [2.24, 2.45) is 5.92 Å². The van der Waals surface area contributed by atoms with Crippen molar-refractivity contribution in [3.05, 3.63) is 62.4 Å². The van der Waals surface area contributed by atoms with Gasteiger partial charge in [0.15, 0.2) is 0 Å². The van der Waals surface area contributed by atoms with Crippen molar-refractivity contribution in [2.75, 3.05) is 24.5 Å². The standard InChI is InChI=1S/C19H24N4O3/c1-13-16(18(25)22-19(26)21-13)7-8-17(24)20-11-14-9-10-23(12-14)15-5-3-2-4-6-15/h2-6,14H,7-12H2,1H3,(H,20,24)(H2,21,22,25,26). The third-order valence-corrected chi connectivity index (χ3v) is 4.85. The molecule has 0 aliphatic carbocycles. The molecule has 26 heavy (non-hydrogen) atoms. The number of amides is 1. The van der Waals surface area contributed by atoms with E-state index in [2.05, 4.69) is 32.3 Å². The summed E-state index contributed by atoms with van der Waals surface area (Å²) in [6.45, 7) is 4.24. The molecule has 7 nitrogen and oxygen atoms in total. The molecule has 7 heteroatoms. The Morgan fingerprint density at radius 1 is 1.23 bits per heavy atom. The molecule has 0 saturated carbocycles. The fourth-order valence-corrected chi connectivity index (χ4v) is 3.38. The molecule has 1 aliphatic rings. The number of carbonyl (C=O) groups is 1. The van der Waals surface area contributed by atoms with Crippen molar-refractivity contribution in [3.63, 3.8) is 0 Å². The van der Waals surface area contributed by atoms with Gasteiger partial charge in [-0.15, -0.1) is 0 Å². The topological polar surface area (TPSA) is 98.1 Å². The summed E-state index contributed by atoms with van der Waals surface area (Å²) in [5.74, 6) is 0.352. The first-order chi connectivity index (χ1) is 12.5. The van der Waals surface area contributed by atoms with E-state index in [-0.39, 0.29) is 12.3 Å². The number of para-hydroxylation sites is 1. The van der Waals surface area contributed by atoms with Gasteiger partial charge in [0, 0.05) is 43.0 Å². The van der Waals surface area contributed by atoms with Crippen LogP contribution in [0.3, 0.4) is 0 Å². The number of carbonyl (C=O) groups excluding carboxylic acids is 1. The van der Waals surface area contributed by atoms with Gasteiger partial charge in [-0.05, 0) is 37.8 Å². The lowest BCUT2D eigenvalue weighted by molar-refractivity contribution is -0.121. The molecular formula is C19H24N4O3. The number of rotatable bonds is 6. The quantitative estimate of drug-likeness (QED) is 0.718. The Bertz CT molecular complexity index is 872. The van der Waals surface area contributed by atoms with Gasteiger partial charge in [-0.25, -0.2) is 4.79 Å². The number of nitrogens with zero attached hydrogens (tertiary/aromatic N) is 1. The number of aryl methyl sites for hydroxylation is 1. The Hall–Kier alpha value is -2.83. The van der Waals surface area contributed by atoms with Crippen LogP contribution in [0.25, 0.3) is 0 Å². The molecule has 1 aromatic heterocycles. The van der Waals surface area contributed by atoms with Crippen LogP contribution in [-0.4, -0.2) is 35.5 Å². The molecule has 2 aromatic rings.